The van der Waals surface area contributed by atoms with E-state index in [1.165, 1.54) is 110 Å². The maximum atomic E-state index is 11.1. The molecule has 7 heteroatoms. The molecule has 0 aromatic heterocycles. The van der Waals surface area contributed by atoms with Crippen LogP contribution in [-0.2, 0) is 9.53 Å². The summed E-state index contributed by atoms with van der Waals surface area (Å²) in [6, 6.07) is -0.780. The van der Waals surface area contributed by atoms with Crippen LogP contribution in [-0.4, -0.2) is 49.6 Å². The minimum atomic E-state index is -0.839. The van der Waals surface area contributed by atoms with Gasteiger partial charge in [-0.15, -0.1) is 0 Å². The Morgan fingerprint density at radius 3 is 1.62 bits per heavy atom. The number of ether oxygens (including phenoxy) is 1. The zero-order valence-electron chi connectivity index (χ0n) is 26.5. The van der Waals surface area contributed by atoms with Gasteiger partial charge in [-0.2, -0.15) is 0 Å². The number of azide groups is 1. The predicted octanol–water partition coefficient (Wildman–Crippen LogP) is 10.7. The SMILES string of the molecule is CCCCCCCCCCCCC/C=C/[C@@H](OC(C)=O)[C@H](CO)N=[N+]=[N-].CCC[CH2][Sn]([CH2]CCC)[CH2]CCC. The molecule has 0 heterocycles. The molecule has 1 N–H and O–H groups in total. The number of nitrogens with zero attached hydrogens (tertiary/aromatic N) is 3. The summed E-state index contributed by atoms with van der Waals surface area (Å²) < 4.78 is 10.2. The number of aliphatic hydroxyl groups is 1. The second kappa shape index (κ2) is 33.5. The third-order valence-corrected chi connectivity index (χ3v) is 16.1. The van der Waals surface area contributed by atoms with Crippen LogP contribution >= 0.6 is 0 Å². The van der Waals surface area contributed by atoms with E-state index in [1.54, 1.807) is 19.4 Å². The van der Waals surface area contributed by atoms with Crippen LogP contribution in [0.4, 0.5) is 0 Å². The molecule has 229 valence electrons. The van der Waals surface area contributed by atoms with Crippen LogP contribution in [0, 0.1) is 0 Å². The van der Waals surface area contributed by atoms with Gasteiger partial charge in [-0.25, -0.2) is 0 Å². The number of hydrogen-bond acceptors (Lipinski definition) is 4. The van der Waals surface area contributed by atoms with Crippen LogP contribution in [0.25, 0.3) is 10.4 Å². The Balaban J connectivity index is 0. The number of aliphatic hydroxyl groups excluding tert-OH is 1. The Labute approximate surface area is 249 Å². The Morgan fingerprint density at radius 2 is 1.23 bits per heavy atom. The summed E-state index contributed by atoms with van der Waals surface area (Å²) in [6.07, 6.45) is 27.0. The van der Waals surface area contributed by atoms with Gasteiger partial charge in [0.15, 0.2) is 0 Å². The first kappa shape index (κ1) is 40.4. The number of unbranched alkanes of at least 4 members (excludes halogenated alkanes) is 14. The molecule has 1 radical (unpaired) electrons. The van der Waals surface area contributed by atoms with Crippen molar-refractivity contribution in [3.05, 3.63) is 22.6 Å². The molecule has 0 aromatic rings. The van der Waals surface area contributed by atoms with Crippen LogP contribution in [0.15, 0.2) is 17.3 Å². The molecular formula is C32H64N3O3Sn. The summed E-state index contributed by atoms with van der Waals surface area (Å²) in [5.74, 6) is -0.457. The van der Waals surface area contributed by atoms with Gasteiger partial charge in [0.05, 0.1) is 6.61 Å². The first-order chi connectivity index (χ1) is 19.0. The molecule has 0 aliphatic rings. The van der Waals surface area contributed by atoms with Gasteiger partial charge in [0.1, 0.15) is 12.1 Å². The van der Waals surface area contributed by atoms with Crippen molar-refractivity contribution in [3.8, 4) is 0 Å². The molecule has 0 rings (SSSR count). The molecule has 6 nitrogen and oxygen atoms in total. The molecule has 0 aliphatic heterocycles. The summed E-state index contributed by atoms with van der Waals surface area (Å²) in [7, 11) is 0. The van der Waals surface area contributed by atoms with E-state index in [4.69, 9.17) is 10.3 Å². The van der Waals surface area contributed by atoms with Gasteiger partial charge in [0.2, 0.25) is 0 Å². The van der Waals surface area contributed by atoms with Gasteiger partial charge in [-0.05, 0) is 24.4 Å². The van der Waals surface area contributed by atoms with E-state index in [9.17, 15) is 9.90 Å². The number of carbonyl (C=O) groups is 1. The standard InChI is InChI=1S/C20H37N3O3.3C4H9.Sn/c1-3-4-5-6-7-8-9-10-11-12-13-14-15-16-20(26-18(2)25)19(17-24)22-23-21;3*1-3-4-2;/h15-16,19-20,24H,3-14,17H2,1-2H3;3*1,3-4H2,2H3;/b16-15+;;;;/t19-,20+;;;;/m0..../s1. The van der Waals surface area contributed by atoms with E-state index in [0.717, 1.165) is 12.8 Å². The molecule has 0 unspecified atom stereocenters. The minimum absolute atomic E-state index is 0.356. The van der Waals surface area contributed by atoms with Gasteiger partial charge in [-0.1, -0.05) is 82.3 Å². The fraction of sp³-hybridized carbons (Fsp3) is 0.906. The molecule has 39 heavy (non-hydrogen) atoms. The van der Waals surface area contributed by atoms with Crippen molar-refractivity contribution in [2.45, 2.75) is 176 Å². The monoisotopic (exact) mass is 658 g/mol. The molecule has 0 bridgehead atoms. The van der Waals surface area contributed by atoms with Crippen LogP contribution in [0.1, 0.15) is 150 Å². The van der Waals surface area contributed by atoms with Gasteiger partial charge >= 0.3 is 98.3 Å². The summed E-state index contributed by atoms with van der Waals surface area (Å²) in [4.78, 5) is 13.8. The second-order valence-electron chi connectivity index (χ2n) is 10.8. The Bertz CT molecular complexity index is 578. The van der Waals surface area contributed by atoms with E-state index in [1.807, 2.05) is 6.08 Å². The summed E-state index contributed by atoms with van der Waals surface area (Å²) >= 11 is -0.839. The van der Waals surface area contributed by atoms with Gasteiger partial charge < -0.3 is 9.84 Å². The van der Waals surface area contributed by atoms with Crippen molar-refractivity contribution in [1.82, 2.24) is 0 Å². The molecule has 0 saturated heterocycles. The van der Waals surface area contributed by atoms with Gasteiger partial charge in [0, 0.05) is 11.8 Å². The quantitative estimate of drug-likeness (QED) is 0.0191. The van der Waals surface area contributed by atoms with Crippen LogP contribution in [0.5, 0.6) is 0 Å². The fourth-order valence-corrected chi connectivity index (χ4v) is 14.0. The van der Waals surface area contributed by atoms with E-state index < -0.39 is 37.9 Å². The van der Waals surface area contributed by atoms with Crippen LogP contribution in [0.3, 0.4) is 0 Å². The first-order valence-corrected chi connectivity index (χ1v) is 22.4. The van der Waals surface area contributed by atoms with Crippen LogP contribution < -0.4 is 0 Å². The average Bonchev–Trinajstić information content (AvgIpc) is 2.93. The Hall–Kier alpha value is -0.721. The molecule has 0 amide bonds. The number of carbonyl (C=O) groups excluding carboxylic acids is 1. The van der Waals surface area contributed by atoms with Gasteiger partial charge in [-0.3, -0.25) is 4.79 Å². The van der Waals surface area contributed by atoms with Crippen molar-refractivity contribution in [3.63, 3.8) is 0 Å². The molecule has 0 saturated carbocycles. The Morgan fingerprint density at radius 1 is 0.795 bits per heavy atom. The summed E-state index contributed by atoms with van der Waals surface area (Å²) in [5, 5.41) is 12.7. The third kappa shape index (κ3) is 30.1. The fourth-order valence-electron chi connectivity index (χ4n) is 4.52. The van der Waals surface area contributed by atoms with Crippen molar-refractivity contribution >= 4 is 25.7 Å². The van der Waals surface area contributed by atoms with Crippen molar-refractivity contribution in [1.29, 1.82) is 0 Å². The van der Waals surface area contributed by atoms with E-state index in [2.05, 4.69) is 37.7 Å². The molecular weight excluding hydrogens is 593 g/mol. The molecule has 2 atom stereocenters. The molecule has 0 spiro atoms. The predicted molar refractivity (Wildman–Crippen MR) is 171 cm³/mol. The van der Waals surface area contributed by atoms with Crippen molar-refractivity contribution in [2.24, 2.45) is 5.11 Å². The first-order valence-electron chi connectivity index (χ1n) is 16.3. The number of esters is 1. The molecule has 0 aromatic carbocycles. The van der Waals surface area contributed by atoms with E-state index in [0.29, 0.717) is 0 Å². The molecule has 0 fully saturated rings. The number of allylic oxidation sites excluding steroid dienone is 1. The number of hydrogen-bond donors (Lipinski definition) is 1. The third-order valence-electron chi connectivity index (χ3n) is 7.02. The topological polar surface area (TPSA) is 95.3 Å². The average molecular weight is 658 g/mol. The summed E-state index contributed by atoms with van der Waals surface area (Å²) in [5.41, 5.74) is 8.52. The maximum absolute atomic E-state index is 11.1. The van der Waals surface area contributed by atoms with E-state index >= 15 is 0 Å². The zero-order valence-corrected chi connectivity index (χ0v) is 29.3. The molecule has 0 aliphatic carbocycles. The number of rotatable bonds is 26. The van der Waals surface area contributed by atoms with E-state index in [-0.39, 0.29) is 6.61 Å². The van der Waals surface area contributed by atoms with Gasteiger partial charge in [0.25, 0.3) is 0 Å². The van der Waals surface area contributed by atoms with Crippen LogP contribution in [0.2, 0.25) is 13.3 Å². The zero-order chi connectivity index (χ0) is 29.4. The van der Waals surface area contributed by atoms with Crippen molar-refractivity contribution < 1.29 is 14.6 Å². The normalized spacial score (nSPS) is 12.6. The Kier molecular flexibility index (Phi) is 34.7. The second-order valence-corrected chi connectivity index (χ2v) is 19.4. The van der Waals surface area contributed by atoms with Crippen molar-refractivity contribution in [2.75, 3.05) is 6.61 Å². The summed E-state index contributed by atoms with van der Waals surface area (Å²) in [6.45, 7) is 10.2.